The molecule has 0 radical (unpaired) electrons. The van der Waals surface area contributed by atoms with E-state index in [0.29, 0.717) is 28.7 Å². The van der Waals surface area contributed by atoms with Crippen molar-refractivity contribution in [1.82, 2.24) is 0 Å². The van der Waals surface area contributed by atoms with E-state index in [-0.39, 0.29) is 0 Å². The normalized spacial score (nSPS) is 10.9. The van der Waals surface area contributed by atoms with E-state index in [4.69, 9.17) is 25.8 Å². The van der Waals surface area contributed by atoms with Gasteiger partial charge in [0.05, 0.1) is 23.8 Å². The molecule has 5 heteroatoms. The van der Waals surface area contributed by atoms with Crippen molar-refractivity contribution in [3.63, 3.8) is 0 Å². The fourth-order valence-electron chi connectivity index (χ4n) is 4.51. The molecule has 0 heterocycles. The van der Waals surface area contributed by atoms with Crippen LogP contribution in [-0.4, -0.2) is 19.2 Å². The van der Waals surface area contributed by atoms with E-state index in [0.717, 1.165) is 42.7 Å². The largest absolute Gasteiger partial charge is 0.494 e. The van der Waals surface area contributed by atoms with Crippen LogP contribution in [0.3, 0.4) is 0 Å². The summed E-state index contributed by atoms with van der Waals surface area (Å²) in [6.07, 6.45) is 14.7. The predicted octanol–water partition coefficient (Wildman–Crippen LogP) is 10.7. The Hall–Kier alpha value is -2.98. The summed E-state index contributed by atoms with van der Waals surface area (Å²) in [5.41, 5.74) is 2.50. The zero-order valence-electron chi connectivity index (χ0n) is 24.3. The van der Waals surface area contributed by atoms with Crippen LogP contribution in [0.4, 0.5) is 0 Å². The highest BCUT2D eigenvalue weighted by Crippen LogP contribution is 2.28. The third-order valence-electron chi connectivity index (χ3n) is 6.94. The number of esters is 1. The van der Waals surface area contributed by atoms with Gasteiger partial charge in [-0.05, 0) is 66.4 Å². The molecule has 3 rings (SSSR count). The quantitative estimate of drug-likeness (QED) is 0.0824. The average molecular weight is 565 g/mol. The van der Waals surface area contributed by atoms with Gasteiger partial charge in [0.15, 0.2) is 0 Å². The number of carbonyl (C=O) groups is 1. The van der Waals surface area contributed by atoms with Crippen LogP contribution in [0.1, 0.15) is 101 Å². The van der Waals surface area contributed by atoms with Gasteiger partial charge in [0.2, 0.25) is 0 Å². The molecule has 3 aromatic carbocycles. The third-order valence-corrected chi connectivity index (χ3v) is 7.24. The predicted molar refractivity (Wildman–Crippen MR) is 166 cm³/mol. The van der Waals surface area contributed by atoms with Crippen molar-refractivity contribution >= 4 is 17.6 Å². The number of carbonyl (C=O) groups excluding carboxylic acids is 1. The molecular weight excluding hydrogens is 520 g/mol. The first-order chi connectivity index (χ1) is 19.6. The summed E-state index contributed by atoms with van der Waals surface area (Å²) < 4.78 is 17.3. The molecule has 0 aliphatic carbocycles. The van der Waals surface area contributed by atoms with Crippen molar-refractivity contribution in [2.24, 2.45) is 0 Å². The van der Waals surface area contributed by atoms with Crippen molar-refractivity contribution in [3.05, 3.63) is 77.3 Å². The highest BCUT2D eigenvalue weighted by Gasteiger charge is 2.12. The fourth-order valence-corrected chi connectivity index (χ4v) is 4.74. The number of halogens is 1. The number of ether oxygens (including phenoxy) is 3. The lowest BCUT2D eigenvalue weighted by Gasteiger charge is -2.10. The average Bonchev–Trinajstić information content (AvgIpc) is 2.97. The Kier molecular flexibility index (Phi) is 14.5. The zero-order chi connectivity index (χ0) is 28.4. The van der Waals surface area contributed by atoms with E-state index >= 15 is 0 Å². The Morgan fingerprint density at radius 1 is 0.600 bits per heavy atom. The molecule has 40 heavy (non-hydrogen) atoms. The van der Waals surface area contributed by atoms with E-state index < -0.39 is 5.97 Å². The smallest absolute Gasteiger partial charge is 0.343 e. The molecule has 0 saturated heterocycles. The molecule has 0 atom stereocenters. The molecule has 0 unspecified atom stereocenters. The summed E-state index contributed by atoms with van der Waals surface area (Å²) in [6, 6.07) is 20.6. The van der Waals surface area contributed by atoms with Crippen LogP contribution in [0.5, 0.6) is 17.2 Å². The second-order valence-electron chi connectivity index (χ2n) is 10.3. The molecule has 4 nitrogen and oxygen atoms in total. The summed E-state index contributed by atoms with van der Waals surface area (Å²) in [5.74, 6) is 1.51. The molecule has 0 aliphatic heterocycles. The SMILES string of the molecule is CCCCCCCCCOc1ccc(C(=O)Oc2ccc(-c3ccc(OCCCCCCC)cc3)cc2)cc1Cl. The van der Waals surface area contributed by atoms with E-state index in [9.17, 15) is 4.79 Å². The molecular formula is C35H45ClO4. The monoisotopic (exact) mass is 564 g/mol. The molecule has 0 aliphatic rings. The molecule has 0 fully saturated rings. The Labute approximate surface area is 246 Å². The summed E-state index contributed by atoms with van der Waals surface area (Å²) in [4.78, 5) is 12.7. The van der Waals surface area contributed by atoms with Crippen molar-refractivity contribution in [2.45, 2.75) is 90.9 Å². The zero-order valence-corrected chi connectivity index (χ0v) is 25.0. The van der Waals surface area contributed by atoms with Gasteiger partial charge in [0.25, 0.3) is 0 Å². The van der Waals surface area contributed by atoms with E-state index in [1.54, 1.807) is 30.3 Å². The maximum atomic E-state index is 12.7. The maximum Gasteiger partial charge on any atom is 0.343 e. The van der Waals surface area contributed by atoms with Crippen LogP contribution in [0, 0.1) is 0 Å². The number of rotatable bonds is 19. The van der Waals surface area contributed by atoms with E-state index in [2.05, 4.69) is 13.8 Å². The molecule has 0 bridgehead atoms. The molecule has 0 spiro atoms. The molecule has 0 saturated carbocycles. The first-order valence-electron chi connectivity index (χ1n) is 15.1. The van der Waals surface area contributed by atoms with Crippen molar-refractivity contribution in [2.75, 3.05) is 13.2 Å². The highest BCUT2D eigenvalue weighted by molar-refractivity contribution is 6.32. The minimum atomic E-state index is -0.454. The molecule has 216 valence electrons. The summed E-state index contributed by atoms with van der Waals surface area (Å²) >= 11 is 6.39. The van der Waals surface area contributed by atoms with Gasteiger partial charge in [0, 0.05) is 0 Å². The van der Waals surface area contributed by atoms with Gasteiger partial charge in [-0.3, -0.25) is 0 Å². The number of unbranched alkanes of at least 4 members (excludes halogenated alkanes) is 10. The Balaban J connectivity index is 1.43. The van der Waals surface area contributed by atoms with Gasteiger partial charge in [-0.2, -0.15) is 0 Å². The van der Waals surface area contributed by atoms with Crippen LogP contribution in [-0.2, 0) is 0 Å². The van der Waals surface area contributed by atoms with Gasteiger partial charge in [0.1, 0.15) is 17.2 Å². The van der Waals surface area contributed by atoms with E-state index in [1.807, 2.05) is 36.4 Å². The maximum absolute atomic E-state index is 12.7. The topological polar surface area (TPSA) is 44.8 Å². The summed E-state index contributed by atoms with van der Waals surface area (Å²) in [7, 11) is 0. The van der Waals surface area contributed by atoms with Gasteiger partial charge in [-0.15, -0.1) is 0 Å². The molecule has 0 N–H and O–H groups in total. The van der Waals surface area contributed by atoms with Crippen molar-refractivity contribution in [1.29, 1.82) is 0 Å². The molecule has 0 amide bonds. The number of benzene rings is 3. The van der Waals surface area contributed by atoms with Gasteiger partial charge in [-0.1, -0.05) is 114 Å². The first-order valence-corrected chi connectivity index (χ1v) is 15.5. The Morgan fingerprint density at radius 2 is 1.10 bits per heavy atom. The summed E-state index contributed by atoms with van der Waals surface area (Å²) in [6.45, 7) is 5.83. The lowest BCUT2D eigenvalue weighted by Crippen LogP contribution is -2.08. The van der Waals surface area contributed by atoms with Gasteiger partial charge >= 0.3 is 5.97 Å². The summed E-state index contributed by atoms with van der Waals surface area (Å²) in [5, 5.41) is 0.414. The van der Waals surface area contributed by atoms with Crippen LogP contribution >= 0.6 is 11.6 Å². The Morgan fingerprint density at radius 3 is 1.65 bits per heavy atom. The van der Waals surface area contributed by atoms with Gasteiger partial charge < -0.3 is 14.2 Å². The van der Waals surface area contributed by atoms with Crippen LogP contribution in [0.15, 0.2) is 66.7 Å². The van der Waals surface area contributed by atoms with Gasteiger partial charge in [-0.25, -0.2) is 4.79 Å². The number of hydrogen-bond donors (Lipinski definition) is 0. The highest BCUT2D eigenvalue weighted by atomic mass is 35.5. The first kappa shape index (κ1) is 31.5. The molecule has 0 aromatic heterocycles. The minimum absolute atomic E-state index is 0.387. The van der Waals surface area contributed by atoms with E-state index in [1.165, 1.54) is 57.8 Å². The van der Waals surface area contributed by atoms with Crippen molar-refractivity contribution < 1.29 is 19.0 Å². The van der Waals surface area contributed by atoms with Crippen LogP contribution in [0.25, 0.3) is 11.1 Å². The minimum Gasteiger partial charge on any atom is -0.494 e. The second kappa shape index (κ2) is 18.4. The van der Waals surface area contributed by atoms with Crippen LogP contribution < -0.4 is 14.2 Å². The standard InChI is InChI=1S/C35H45ClO4/c1-3-5-7-9-10-12-14-26-39-34-24-19-30(27-33(34)36)35(37)40-32-22-17-29(18-23-32)28-15-20-31(21-16-28)38-25-13-11-8-6-4-2/h15-24,27H,3-14,25-26H2,1-2H3. The lowest BCUT2D eigenvalue weighted by atomic mass is 10.1. The lowest BCUT2D eigenvalue weighted by molar-refractivity contribution is 0.0734. The fraction of sp³-hybridized carbons (Fsp3) is 0.457. The van der Waals surface area contributed by atoms with Crippen LogP contribution in [0.2, 0.25) is 5.02 Å². The third kappa shape index (κ3) is 11.3. The second-order valence-corrected chi connectivity index (χ2v) is 10.7. The number of hydrogen-bond acceptors (Lipinski definition) is 4. The Bertz CT molecular complexity index is 1130. The molecule has 3 aromatic rings. The van der Waals surface area contributed by atoms with Crippen molar-refractivity contribution in [3.8, 4) is 28.4 Å².